The van der Waals surface area contributed by atoms with Crippen LogP contribution < -0.4 is 30.7 Å². The number of nitrogens with one attached hydrogen (secondary N) is 4. The van der Waals surface area contributed by atoms with Crippen molar-refractivity contribution in [3.05, 3.63) is 63.8 Å². The fourth-order valence-corrected chi connectivity index (χ4v) is 12.4. The number of carbonyl (C=O) groups excluding carboxylic acids is 4. The average molecular weight is 1090 g/mol. The van der Waals surface area contributed by atoms with Gasteiger partial charge in [-0.1, -0.05) is 46.1 Å². The van der Waals surface area contributed by atoms with Gasteiger partial charge in [0.15, 0.2) is 0 Å². The summed E-state index contributed by atoms with van der Waals surface area (Å²) in [6.45, 7) is 11.9. The number of benzene rings is 2. The number of anilines is 2. The molecule has 0 radical (unpaired) electrons. The van der Waals surface area contributed by atoms with Gasteiger partial charge in [-0.25, -0.2) is 16.8 Å². The number of ether oxygens (including phenoxy) is 2. The molecule has 2 saturated heterocycles. The van der Waals surface area contributed by atoms with Gasteiger partial charge >= 0.3 is 0 Å². The van der Waals surface area contributed by atoms with Gasteiger partial charge in [-0.15, -0.1) is 0 Å². The Labute approximate surface area is 427 Å². The van der Waals surface area contributed by atoms with Crippen molar-refractivity contribution in [2.75, 3.05) is 51.0 Å². The normalized spacial score (nSPS) is 24.3. The predicted molar refractivity (Wildman–Crippen MR) is 280 cm³/mol. The number of amidine groups is 2. The lowest BCUT2D eigenvalue weighted by atomic mass is 9.82. The van der Waals surface area contributed by atoms with E-state index in [0.29, 0.717) is 73.4 Å². The van der Waals surface area contributed by atoms with E-state index in [9.17, 15) is 36.0 Å². The van der Waals surface area contributed by atoms with Crippen LogP contribution in [0, 0.1) is 23.7 Å². The minimum absolute atomic E-state index is 0.0539. The van der Waals surface area contributed by atoms with E-state index in [2.05, 4.69) is 57.6 Å². The van der Waals surface area contributed by atoms with Crippen molar-refractivity contribution in [1.82, 2.24) is 19.2 Å². The molecule has 0 aromatic heterocycles. The van der Waals surface area contributed by atoms with Gasteiger partial charge < -0.3 is 30.7 Å². The summed E-state index contributed by atoms with van der Waals surface area (Å²) in [5.41, 5.74) is 0.258. The van der Waals surface area contributed by atoms with Crippen LogP contribution in [0.3, 0.4) is 0 Å². The quantitative estimate of drug-likeness (QED) is 0.177. The summed E-state index contributed by atoms with van der Waals surface area (Å²) in [6, 6.07) is 10.4. The van der Waals surface area contributed by atoms with Crippen molar-refractivity contribution in [3.63, 3.8) is 0 Å². The van der Waals surface area contributed by atoms with Crippen LogP contribution in [0.25, 0.3) is 6.08 Å². The number of methoxy groups -OCH3 is 2. The molecule has 0 bridgehead atoms. The van der Waals surface area contributed by atoms with Gasteiger partial charge in [-0.05, 0) is 109 Å². The van der Waals surface area contributed by atoms with Gasteiger partial charge in [0.2, 0.25) is 31.9 Å². The zero-order valence-electron chi connectivity index (χ0n) is 41.6. The van der Waals surface area contributed by atoms with Gasteiger partial charge in [-0.2, -0.15) is 8.61 Å². The Bertz CT molecular complexity index is 2630. The minimum atomic E-state index is -3.69. The van der Waals surface area contributed by atoms with Gasteiger partial charge in [0.25, 0.3) is 11.8 Å². The Balaban J connectivity index is 0.000000195. The van der Waals surface area contributed by atoms with Crippen LogP contribution >= 0.6 is 15.9 Å². The number of halogens is 1. The third-order valence-electron chi connectivity index (χ3n) is 14.3. The number of sulfonamides is 2. The highest BCUT2D eigenvalue weighted by Gasteiger charge is 2.49. The van der Waals surface area contributed by atoms with E-state index in [-0.39, 0.29) is 36.7 Å². The summed E-state index contributed by atoms with van der Waals surface area (Å²) in [7, 11) is -4.03. The Morgan fingerprint density at radius 2 is 1.10 bits per heavy atom. The first-order valence-corrected chi connectivity index (χ1v) is 28.1. The van der Waals surface area contributed by atoms with E-state index < -0.39 is 31.1 Å². The number of amides is 4. The molecule has 8 rings (SSSR count). The molecule has 4 aliphatic heterocycles. The third-order valence-corrected chi connectivity index (χ3v) is 18.0. The maximum Gasteiger partial charge on any atom is 0.253 e. The fourth-order valence-electron chi connectivity index (χ4n) is 9.86. The SMILES string of the molecule is C=CS(=O)(=O)N1CCC2(CC1)N=C(C1CCC(C)CC1)NC2=O.COc1cc(NC(C)=O)ccc1/C=C/S(=O)(=O)N1CCC2(CC1)N=C(C1CCC(C)CC1)NC2=O.COc1cc(NC(C)=O)ccc1Br. The monoisotopic (exact) mass is 1080 g/mol. The fraction of sp³-hybridized carbons (Fsp3) is 0.560. The highest BCUT2D eigenvalue weighted by Crippen LogP contribution is 2.38. The van der Waals surface area contributed by atoms with Crippen LogP contribution in [0.1, 0.15) is 110 Å². The minimum Gasteiger partial charge on any atom is -0.496 e. The van der Waals surface area contributed by atoms with E-state index in [4.69, 9.17) is 19.5 Å². The van der Waals surface area contributed by atoms with E-state index in [1.165, 1.54) is 48.5 Å². The van der Waals surface area contributed by atoms with Gasteiger partial charge in [0.05, 0.1) is 18.7 Å². The molecule has 2 aromatic rings. The largest absolute Gasteiger partial charge is 0.496 e. The van der Waals surface area contributed by atoms with E-state index >= 15 is 0 Å². The summed E-state index contributed by atoms with van der Waals surface area (Å²) >= 11 is 3.32. The number of rotatable bonds is 11. The molecule has 4 amide bonds. The second kappa shape index (κ2) is 23.7. The second-order valence-electron chi connectivity index (χ2n) is 19.4. The first-order chi connectivity index (χ1) is 33.6. The van der Waals surface area contributed by atoms with Gasteiger partial charge in [0, 0.05) is 91.7 Å². The number of hydrogen-bond acceptors (Lipinski definition) is 12. The summed E-state index contributed by atoms with van der Waals surface area (Å²) < 4.78 is 63.8. The first-order valence-electron chi connectivity index (χ1n) is 24.3. The zero-order valence-corrected chi connectivity index (χ0v) is 44.8. The van der Waals surface area contributed by atoms with Crippen LogP contribution in [-0.2, 0) is 39.2 Å². The molecule has 2 aromatic carbocycles. The number of aliphatic imine (C=N–C) groups is 2. The van der Waals surface area contributed by atoms with Crippen molar-refractivity contribution in [1.29, 1.82) is 0 Å². The van der Waals surface area contributed by atoms with Crippen LogP contribution in [0.5, 0.6) is 11.5 Å². The molecule has 2 aliphatic carbocycles. The van der Waals surface area contributed by atoms with E-state index in [0.717, 1.165) is 83.0 Å². The summed E-state index contributed by atoms with van der Waals surface area (Å²) in [4.78, 5) is 56.9. The standard InChI is InChI=1S/C25H34N4O5S.C16H25N3O3S.C9H10BrNO2/c1-17-4-6-20(7-5-17)23-27-24(31)25(28-23)11-13-29(14-12-25)35(32,33)15-10-19-8-9-21(26-18(2)30)16-22(19)34-3;1-3-23(21,22)19-10-8-16(9-11-19)15(20)17-14(18-16)13-6-4-12(2)5-7-13;1-6(12)11-7-3-4-8(10)9(5-7)13-2/h8-10,15-17,20H,4-7,11-14H2,1-3H3,(H,26,30)(H,27,28,31);3,12-13H,1,4-11H2,2H3,(H,17,18,20);3-5H,1-2H3,(H,11,12)/b15-10+;;. The van der Waals surface area contributed by atoms with Crippen LogP contribution in [0.2, 0.25) is 0 Å². The van der Waals surface area contributed by atoms with Gasteiger partial charge in [0.1, 0.15) is 34.2 Å². The molecule has 0 unspecified atom stereocenters. The molecule has 2 saturated carbocycles. The number of piperidine rings is 2. The molecule has 0 atom stereocenters. The molecule has 388 valence electrons. The summed E-state index contributed by atoms with van der Waals surface area (Å²) in [6.07, 6.45) is 12.0. The summed E-state index contributed by atoms with van der Waals surface area (Å²) in [5, 5.41) is 13.5. The van der Waals surface area contributed by atoms with Crippen LogP contribution in [-0.4, -0.2) is 112 Å². The molecular formula is C50H69BrN8O10S2. The molecule has 4 N–H and O–H groups in total. The average Bonchev–Trinajstić information content (AvgIpc) is 3.83. The van der Waals surface area contributed by atoms with Gasteiger partial charge in [-0.3, -0.25) is 29.2 Å². The number of nitrogens with zero attached hydrogens (tertiary/aromatic N) is 4. The molecule has 71 heavy (non-hydrogen) atoms. The third kappa shape index (κ3) is 14.0. The van der Waals surface area contributed by atoms with E-state index in [1.54, 1.807) is 37.4 Å². The Morgan fingerprint density at radius 1 is 0.690 bits per heavy atom. The van der Waals surface area contributed by atoms with E-state index in [1.807, 2.05) is 6.07 Å². The molecule has 18 nitrogen and oxygen atoms in total. The van der Waals surface area contributed by atoms with Crippen molar-refractivity contribution in [3.8, 4) is 11.5 Å². The Morgan fingerprint density at radius 3 is 1.51 bits per heavy atom. The topological polar surface area (TPSA) is 234 Å². The van der Waals surface area contributed by atoms with Crippen molar-refractivity contribution in [2.45, 2.75) is 116 Å². The molecule has 6 aliphatic rings. The maximum atomic E-state index is 13.0. The lowest BCUT2D eigenvalue weighted by Gasteiger charge is -2.34. The Kier molecular flexibility index (Phi) is 18.5. The first kappa shape index (κ1) is 55.4. The van der Waals surface area contributed by atoms with Crippen molar-refractivity contribution in [2.24, 2.45) is 33.7 Å². The second-order valence-corrected chi connectivity index (χ2v) is 24.0. The predicted octanol–water partition coefficient (Wildman–Crippen LogP) is 7.21. The lowest BCUT2D eigenvalue weighted by molar-refractivity contribution is -0.125. The number of hydrogen-bond donors (Lipinski definition) is 4. The van der Waals surface area contributed by atoms with Crippen LogP contribution in [0.4, 0.5) is 11.4 Å². The zero-order chi connectivity index (χ0) is 51.7. The molecule has 4 heterocycles. The molecule has 2 spiro atoms. The van der Waals surface area contributed by atoms with Crippen molar-refractivity contribution >= 4 is 88.7 Å². The van der Waals surface area contributed by atoms with Crippen LogP contribution in [0.15, 0.2) is 68.3 Å². The summed E-state index contributed by atoms with van der Waals surface area (Å²) in [5.74, 6) is 4.45. The molecular weight excluding hydrogens is 1020 g/mol. The Hall–Kier alpha value is -4.96. The number of carbonyl (C=O) groups is 4. The lowest BCUT2D eigenvalue weighted by Crippen LogP contribution is -2.50. The van der Waals surface area contributed by atoms with Crippen molar-refractivity contribution < 1.29 is 45.5 Å². The maximum absolute atomic E-state index is 13.0. The highest BCUT2D eigenvalue weighted by molar-refractivity contribution is 9.10. The highest BCUT2D eigenvalue weighted by atomic mass is 79.9. The molecule has 21 heteroatoms. The molecule has 4 fully saturated rings. The smallest absolute Gasteiger partial charge is 0.253 e.